The van der Waals surface area contributed by atoms with Crippen LogP contribution in [0.1, 0.15) is 72.8 Å². The third-order valence-corrected chi connectivity index (χ3v) is 7.56. The zero-order chi connectivity index (χ0) is 20.1. The molecule has 3 heteroatoms. The zero-order valence-corrected chi connectivity index (χ0v) is 18.3. The van der Waals surface area contributed by atoms with Gasteiger partial charge in [-0.1, -0.05) is 51.1 Å². The molecule has 0 aromatic heterocycles. The van der Waals surface area contributed by atoms with Crippen molar-refractivity contribution in [2.24, 2.45) is 16.7 Å². The van der Waals surface area contributed by atoms with Gasteiger partial charge in [-0.15, -0.1) is 0 Å². The fourth-order valence-electron chi connectivity index (χ4n) is 6.46. The summed E-state index contributed by atoms with van der Waals surface area (Å²) in [5, 5.41) is 0. The van der Waals surface area contributed by atoms with E-state index in [2.05, 4.69) is 63.1 Å². The molecule has 3 atom stereocenters. The quantitative estimate of drug-likeness (QED) is 0.646. The van der Waals surface area contributed by atoms with Gasteiger partial charge in [0.15, 0.2) is 0 Å². The van der Waals surface area contributed by atoms with E-state index in [4.69, 9.17) is 4.74 Å². The minimum Gasteiger partial charge on any atom is -0.460 e. The number of hydrogen-bond acceptors (Lipinski definition) is 3. The Labute approximate surface area is 165 Å². The van der Waals surface area contributed by atoms with E-state index in [1.165, 1.54) is 24.8 Å². The summed E-state index contributed by atoms with van der Waals surface area (Å²) in [5.41, 5.74) is 0.868. The molecule has 2 bridgehead atoms. The highest BCUT2D eigenvalue weighted by molar-refractivity contribution is 5.72. The van der Waals surface area contributed by atoms with Crippen molar-refractivity contribution in [1.29, 1.82) is 0 Å². The molecule has 0 saturated heterocycles. The summed E-state index contributed by atoms with van der Waals surface area (Å²) in [6.07, 6.45) is 4.15. The average Bonchev–Trinajstić information content (AvgIpc) is 3.01. The summed E-state index contributed by atoms with van der Waals surface area (Å²) in [4.78, 5) is 15.5. The van der Waals surface area contributed by atoms with E-state index >= 15 is 0 Å². The minimum absolute atomic E-state index is 0.0655. The normalized spacial score (nSPS) is 32.1. The molecule has 3 nitrogen and oxygen atoms in total. The van der Waals surface area contributed by atoms with E-state index in [1.54, 1.807) is 0 Å². The highest BCUT2D eigenvalue weighted by Crippen LogP contribution is 2.71. The van der Waals surface area contributed by atoms with Crippen LogP contribution in [0.5, 0.6) is 0 Å². The van der Waals surface area contributed by atoms with E-state index in [0.29, 0.717) is 12.3 Å². The number of ether oxygens (including phenoxy) is 1. The molecule has 0 N–H and O–H groups in total. The third-order valence-electron chi connectivity index (χ3n) is 7.56. The number of rotatable bonds is 5. The van der Waals surface area contributed by atoms with Crippen LogP contribution in [0, 0.1) is 16.7 Å². The number of fused-ring (bicyclic) bond motifs is 2. The predicted molar refractivity (Wildman–Crippen MR) is 110 cm³/mol. The Hall–Kier alpha value is -1.35. The molecule has 0 spiro atoms. The van der Waals surface area contributed by atoms with Crippen LogP contribution in [0.15, 0.2) is 30.3 Å². The van der Waals surface area contributed by atoms with Crippen molar-refractivity contribution in [3.05, 3.63) is 35.9 Å². The summed E-state index contributed by atoms with van der Waals surface area (Å²) < 4.78 is 5.81. The van der Waals surface area contributed by atoms with Crippen LogP contribution in [-0.2, 0) is 16.1 Å². The molecule has 0 amide bonds. The van der Waals surface area contributed by atoms with E-state index in [-0.39, 0.29) is 22.3 Å². The summed E-state index contributed by atoms with van der Waals surface area (Å²) in [6, 6.07) is 10.6. The molecule has 0 aliphatic heterocycles. The van der Waals surface area contributed by atoms with Gasteiger partial charge >= 0.3 is 5.97 Å². The molecule has 1 aromatic carbocycles. The second kappa shape index (κ2) is 6.62. The molecule has 150 valence electrons. The fourth-order valence-corrected chi connectivity index (χ4v) is 6.46. The summed E-state index contributed by atoms with van der Waals surface area (Å²) >= 11 is 0. The lowest BCUT2D eigenvalue weighted by Crippen LogP contribution is -2.64. The average molecular weight is 372 g/mol. The van der Waals surface area contributed by atoms with Gasteiger partial charge in [-0.25, -0.2) is 0 Å². The van der Waals surface area contributed by atoms with E-state index in [1.807, 2.05) is 20.8 Å². The highest BCUT2D eigenvalue weighted by atomic mass is 16.6. The van der Waals surface area contributed by atoms with Crippen LogP contribution in [0.4, 0.5) is 0 Å². The van der Waals surface area contributed by atoms with Crippen molar-refractivity contribution in [1.82, 2.24) is 4.90 Å². The predicted octanol–water partition coefficient (Wildman–Crippen LogP) is 5.44. The molecule has 2 aliphatic rings. The van der Waals surface area contributed by atoms with Gasteiger partial charge in [0.1, 0.15) is 5.60 Å². The first-order valence-electron chi connectivity index (χ1n) is 10.4. The maximum Gasteiger partial charge on any atom is 0.308 e. The van der Waals surface area contributed by atoms with Crippen molar-refractivity contribution in [2.45, 2.75) is 84.9 Å². The van der Waals surface area contributed by atoms with Crippen LogP contribution >= 0.6 is 0 Å². The first-order valence-corrected chi connectivity index (χ1v) is 10.4. The monoisotopic (exact) mass is 371 g/mol. The van der Waals surface area contributed by atoms with E-state index in [0.717, 1.165) is 6.54 Å². The van der Waals surface area contributed by atoms with Gasteiger partial charge in [0, 0.05) is 12.1 Å². The van der Waals surface area contributed by atoms with Crippen molar-refractivity contribution in [3.8, 4) is 0 Å². The number of carbonyl (C=O) groups is 1. The largest absolute Gasteiger partial charge is 0.460 e. The summed E-state index contributed by atoms with van der Waals surface area (Å²) in [5.74, 6) is 0.604. The smallest absolute Gasteiger partial charge is 0.308 e. The van der Waals surface area contributed by atoms with Gasteiger partial charge in [0.25, 0.3) is 0 Å². The first-order chi connectivity index (χ1) is 12.4. The van der Waals surface area contributed by atoms with Gasteiger partial charge in [-0.2, -0.15) is 0 Å². The minimum atomic E-state index is -0.445. The molecule has 2 fully saturated rings. The third kappa shape index (κ3) is 3.33. The lowest BCUT2D eigenvalue weighted by atomic mass is 9.56. The molecule has 2 aliphatic carbocycles. The van der Waals surface area contributed by atoms with Gasteiger partial charge in [-0.3, -0.25) is 9.69 Å². The van der Waals surface area contributed by atoms with Gasteiger partial charge in [0.05, 0.1) is 6.42 Å². The number of esters is 1. The van der Waals surface area contributed by atoms with Crippen LogP contribution < -0.4 is 0 Å². The molecule has 3 unspecified atom stereocenters. The van der Waals surface area contributed by atoms with Crippen molar-refractivity contribution in [2.75, 3.05) is 7.05 Å². The van der Waals surface area contributed by atoms with Gasteiger partial charge in [-0.05, 0) is 69.4 Å². The Morgan fingerprint density at radius 1 is 1.19 bits per heavy atom. The Kier molecular flexibility index (Phi) is 5.00. The van der Waals surface area contributed by atoms with Crippen LogP contribution in [-0.4, -0.2) is 29.1 Å². The van der Waals surface area contributed by atoms with E-state index < -0.39 is 5.60 Å². The Balaban J connectivity index is 1.98. The van der Waals surface area contributed by atoms with Crippen molar-refractivity contribution in [3.63, 3.8) is 0 Å². The van der Waals surface area contributed by atoms with Crippen molar-refractivity contribution >= 4 is 5.97 Å². The number of benzene rings is 1. The van der Waals surface area contributed by atoms with Crippen LogP contribution in [0.2, 0.25) is 0 Å². The number of hydrogen-bond donors (Lipinski definition) is 0. The van der Waals surface area contributed by atoms with Gasteiger partial charge in [0.2, 0.25) is 0 Å². The molecule has 0 heterocycles. The number of nitrogens with zero attached hydrogens (tertiary/aromatic N) is 1. The molecule has 27 heavy (non-hydrogen) atoms. The molecule has 1 aromatic rings. The molecular weight excluding hydrogens is 334 g/mol. The SMILES string of the molecule is CN(Cc1ccccc1)C1(CC(=O)OC(C)(C)C)C2(C)CCC(C2)C1(C)C. The molecule has 0 radical (unpaired) electrons. The van der Waals surface area contributed by atoms with Gasteiger partial charge < -0.3 is 4.74 Å². The number of carbonyl (C=O) groups excluding carboxylic acids is 1. The fraction of sp³-hybridized carbons (Fsp3) is 0.708. The summed E-state index contributed by atoms with van der Waals surface area (Å²) in [7, 11) is 2.21. The zero-order valence-electron chi connectivity index (χ0n) is 18.3. The molecule has 2 saturated carbocycles. The molecule has 3 rings (SSSR count). The Morgan fingerprint density at radius 2 is 1.81 bits per heavy atom. The second-order valence-electron chi connectivity index (χ2n) is 10.7. The van der Waals surface area contributed by atoms with E-state index in [9.17, 15) is 4.79 Å². The van der Waals surface area contributed by atoms with Crippen LogP contribution in [0.25, 0.3) is 0 Å². The topological polar surface area (TPSA) is 29.5 Å². The summed E-state index contributed by atoms with van der Waals surface area (Å²) in [6.45, 7) is 13.9. The lowest BCUT2D eigenvalue weighted by molar-refractivity contribution is -0.168. The maximum atomic E-state index is 13.0. The lowest BCUT2D eigenvalue weighted by Gasteiger charge is -2.59. The maximum absolute atomic E-state index is 13.0. The van der Waals surface area contributed by atoms with Crippen LogP contribution in [0.3, 0.4) is 0 Å². The standard InChI is InChI=1S/C24H37NO2/c1-21(2,3)27-20(26)16-24(25(7)17-18-11-9-8-10-12-18)22(4,5)19-13-14-23(24,6)15-19/h8-12,19H,13-17H2,1-7H3. The Morgan fingerprint density at radius 3 is 2.33 bits per heavy atom. The first kappa shape index (κ1) is 20.4. The second-order valence-corrected chi connectivity index (χ2v) is 10.7. The van der Waals surface area contributed by atoms with Crippen molar-refractivity contribution < 1.29 is 9.53 Å². The molecular formula is C24H37NO2. The Bertz CT molecular complexity index is 683. The highest BCUT2D eigenvalue weighted by Gasteiger charge is 2.70.